The lowest BCUT2D eigenvalue weighted by Crippen LogP contribution is -2.56. The number of likely N-dealkylation sites (N-methyl/N-ethyl adjacent to an activating group) is 1. The Morgan fingerprint density at radius 3 is 2.30 bits per heavy atom. The highest BCUT2D eigenvalue weighted by Crippen LogP contribution is 2.32. The molecule has 11 heteroatoms. The van der Waals surface area contributed by atoms with E-state index in [1.807, 2.05) is 32.7 Å². The Balaban J connectivity index is 1.64. The van der Waals surface area contributed by atoms with Crippen LogP contribution in [0.25, 0.3) is 0 Å². The fourth-order valence-electron chi connectivity index (χ4n) is 5.79. The highest BCUT2D eigenvalue weighted by atomic mass is 19.4. The van der Waals surface area contributed by atoms with Gasteiger partial charge in [-0.3, -0.25) is 24.5 Å². The lowest BCUT2D eigenvalue weighted by molar-refractivity contribution is -0.156. The third-order valence-electron chi connectivity index (χ3n) is 8.20. The summed E-state index contributed by atoms with van der Waals surface area (Å²) in [5, 5.41) is 13.3. The van der Waals surface area contributed by atoms with Gasteiger partial charge < -0.3 is 10.2 Å². The Morgan fingerprint density at radius 2 is 1.75 bits per heavy atom. The first-order valence-corrected chi connectivity index (χ1v) is 14.1. The number of benzene rings is 1. The van der Waals surface area contributed by atoms with Crippen LogP contribution in [0.15, 0.2) is 24.3 Å². The van der Waals surface area contributed by atoms with E-state index in [1.54, 1.807) is 4.90 Å². The van der Waals surface area contributed by atoms with E-state index in [1.165, 1.54) is 12.1 Å². The molecule has 1 aromatic rings. The largest absolute Gasteiger partial charge is 0.416 e. The molecule has 1 aliphatic heterocycles. The van der Waals surface area contributed by atoms with Gasteiger partial charge in [0.1, 0.15) is 6.04 Å². The van der Waals surface area contributed by atoms with Crippen LogP contribution in [0.3, 0.4) is 0 Å². The summed E-state index contributed by atoms with van der Waals surface area (Å²) in [4.78, 5) is 41.9. The maximum Gasteiger partial charge on any atom is 0.416 e. The standard InChI is InChI=1S/C29H43F3N4O4/c1-28(2,3)25(33-26(38)22(17-36(40)19-37)15-20-7-5-6-8-20)27(39)35-14-13-24(18-35)34(4)16-21-9-11-23(12-10-21)29(30,31)32/h9-12,19-20,22,24-25,40H,5-8,13-18H2,1-4H3,(H,33,38)/t22-,24-,25-/m1/s1. The monoisotopic (exact) mass is 568 g/mol. The zero-order valence-electron chi connectivity index (χ0n) is 23.9. The van der Waals surface area contributed by atoms with Crippen molar-refractivity contribution in [3.05, 3.63) is 35.4 Å². The van der Waals surface area contributed by atoms with Crippen molar-refractivity contribution in [2.75, 3.05) is 26.7 Å². The molecule has 0 bridgehead atoms. The van der Waals surface area contributed by atoms with Gasteiger partial charge in [-0.1, -0.05) is 58.6 Å². The van der Waals surface area contributed by atoms with Crippen molar-refractivity contribution in [3.8, 4) is 0 Å². The van der Waals surface area contributed by atoms with Crippen molar-refractivity contribution in [3.63, 3.8) is 0 Å². The Labute approximate surface area is 234 Å². The third-order valence-corrected chi connectivity index (χ3v) is 8.20. The van der Waals surface area contributed by atoms with Crippen LogP contribution < -0.4 is 5.32 Å². The van der Waals surface area contributed by atoms with Crippen molar-refractivity contribution in [1.82, 2.24) is 20.2 Å². The van der Waals surface area contributed by atoms with Crippen LogP contribution in [0.4, 0.5) is 13.2 Å². The molecule has 3 amide bonds. The molecular formula is C29H43F3N4O4. The van der Waals surface area contributed by atoms with Gasteiger partial charge in [0.05, 0.1) is 18.0 Å². The molecule has 3 rings (SSSR count). The van der Waals surface area contributed by atoms with Gasteiger partial charge in [-0.25, -0.2) is 5.06 Å². The van der Waals surface area contributed by atoms with Crippen molar-refractivity contribution in [2.24, 2.45) is 17.3 Å². The quantitative estimate of drug-likeness (QED) is 0.236. The topological polar surface area (TPSA) is 93.2 Å². The van der Waals surface area contributed by atoms with E-state index >= 15 is 0 Å². The molecule has 1 aromatic carbocycles. The minimum absolute atomic E-state index is 0.0215. The minimum Gasteiger partial charge on any atom is -0.344 e. The number of halogens is 3. The normalized spacial score (nSPS) is 20.0. The molecule has 1 heterocycles. The molecule has 2 N–H and O–H groups in total. The number of rotatable bonds is 11. The molecule has 2 aliphatic rings. The molecule has 0 radical (unpaired) electrons. The van der Waals surface area contributed by atoms with Crippen LogP contribution >= 0.6 is 0 Å². The second-order valence-corrected chi connectivity index (χ2v) is 12.5. The van der Waals surface area contributed by atoms with Crippen LogP contribution in [0.5, 0.6) is 0 Å². The van der Waals surface area contributed by atoms with Crippen molar-refractivity contribution in [1.29, 1.82) is 0 Å². The van der Waals surface area contributed by atoms with Gasteiger partial charge in [-0.2, -0.15) is 13.2 Å². The first kappa shape index (κ1) is 31.9. The lowest BCUT2D eigenvalue weighted by Gasteiger charge is -2.35. The van der Waals surface area contributed by atoms with Gasteiger partial charge in [0, 0.05) is 25.7 Å². The molecular weight excluding hydrogens is 525 g/mol. The van der Waals surface area contributed by atoms with Crippen molar-refractivity contribution < 1.29 is 32.8 Å². The van der Waals surface area contributed by atoms with Crippen LogP contribution in [-0.4, -0.2) is 77.1 Å². The summed E-state index contributed by atoms with van der Waals surface area (Å²) in [6, 6.07) is 4.33. The molecule has 0 aromatic heterocycles. The number of hydrogen-bond acceptors (Lipinski definition) is 5. The molecule has 0 unspecified atom stereocenters. The number of hydrogen-bond donors (Lipinski definition) is 2. The summed E-state index contributed by atoms with van der Waals surface area (Å²) in [5.41, 5.74) is -0.518. The average molecular weight is 569 g/mol. The average Bonchev–Trinajstić information content (AvgIpc) is 3.58. The highest BCUT2D eigenvalue weighted by molar-refractivity contribution is 5.89. The maximum atomic E-state index is 13.7. The molecule has 40 heavy (non-hydrogen) atoms. The summed E-state index contributed by atoms with van der Waals surface area (Å²) in [7, 11) is 1.89. The zero-order valence-corrected chi connectivity index (χ0v) is 23.9. The Kier molecular flexibility index (Phi) is 10.6. The van der Waals surface area contributed by atoms with E-state index in [-0.39, 0.29) is 30.8 Å². The number of amides is 3. The molecule has 3 atom stereocenters. The minimum atomic E-state index is -4.38. The summed E-state index contributed by atoms with van der Waals surface area (Å²) < 4.78 is 38.6. The number of likely N-dealkylation sites (tertiary alicyclic amines) is 1. The van der Waals surface area contributed by atoms with Gasteiger partial charge in [-0.05, 0) is 48.9 Å². The van der Waals surface area contributed by atoms with Crippen LogP contribution in [0, 0.1) is 17.3 Å². The summed E-state index contributed by atoms with van der Waals surface area (Å²) in [6.07, 6.45) is 1.37. The Hall–Kier alpha value is -2.66. The van der Waals surface area contributed by atoms with Crippen molar-refractivity contribution >= 4 is 18.2 Å². The third kappa shape index (κ3) is 8.67. The second-order valence-electron chi connectivity index (χ2n) is 12.5. The van der Waals surface area contributed by atoms with Gasteiger partial charge in [0.15, 0.2) is 0 Å². The molecule has 2 fully saturated rings. The van der Waals surface area contributed by atoms with E-state index < -0.39 is 29.1 Å². The van der Waals surface area contributed by atoms with Crippen LogP contribution in [0.2, 0.25) is 0 Å². The Bertz CT molecular complexity index is 1010. The number of carbonyl (C=O) groups is 3. The Morgan fingerprint density at radius 1 is 1.12 bits per heavy atom. The number of alkyl halides is 3. The van der Waals surface area contributed by atoms with E-state index in [4.69, 9.17) is 0 Å². The molecule has 0 spiro atoms. The van der Waals surface area contributed by atoms with E-state index in [9.17, 15) is 32.8 Å². The number of carbonyl (C=O) groups excluding carboxylic acids is 3. The fourth-order valence-corrected chi connectivity index (χ4v) is 5.79. The van der Waals surface area contributed by atoms with Crippen LogP contribution in [0.1, 0.15) is 70.4 Å². The molecule has 8 nitrogen and oxygen atoms in total. The van der Waals surface area contributed by atoms with E-state index in [0.29, 0.717) is 43.5 Å². The SMILES string of the molecule is CN(Cc1ccc(C(F)(F)F)cc1)[C@@H]1CCN(C(=O)[C@@H](NC(=O)[C@H](CC2CCCC2)CN(O)C=O)C(C)(C)C)C1. The van der Waals surface area contributed by atoms with Crippen LogP contribution in [-0.2, 0) is 27.1 Å². The zero-order chi connectivity index (χ0) is 29.7. The fraction of sp³-hybridized carbons (Fsp3) is 0.690. The molecule has 224 valence electrons. The maximum absolute atomic E-state index is 13.7. The summed E-state index contributed by atoms with van der Waals surface area (Å²) in [5.74, 6) is -0.824. The highest BCUT2D eigenvalue weighted by Gasteiger charge is 2.40. The predicted octanol–water partition coefficient (Wildman–Crippen LogP) is 4.31. The second kappa shape index (κ2) is 13.3. The number of nitrogens with zero attached hydrogens (tertiary/aromatic N) is 3. The van der Waals surface area contributed by atoms with E-state index in [2.05, 4.69) is 5.32 Å². The summed E-state index contributed by atoms with van der Waals surface area (Å²) in [6.45, 7) is 6.92. The van der Waals surface area contributed by atoms with Gasteiger partial charge >= 0.3 is 6.18 Å². The van der Waals surface area contributed by atoms with Gasteiger partial charge in [0.2, 0.25) is 18.2 Å². The smallest absolute Gasteiger partial charge is 0.344 e. The predicted molar refractivity (Wildman–Crippen MR) is 144 cm³/mol. The summed E-state index contributed by atoms with van der Waals surface area (Å²) >= 11 is 0. The van der Waals surface area contributed by atoms with Gasteiger partial charge in [-0.15, -0.1) is 0 Å². The molecule has 1 aliphatic carbocycles. The van der Waals surface area contributed by atoms with Crippen molar-refractivity contribution in [2.45, 2.75) is 84.1 Å². The number of hydroxylamine groups is 2. The first-order chi connectivity index (χ1) is 18.7. The van der Waals surface area contributed by atoms with E-state index in [0.717, 1.165) is 43.4 Å². The van der Waals surface area contributed by atoms with Gasteiger partial charge in [0.25, 0.3) is 0 Å². The lowest BCUT2D eigenvalue weighted by atomic mass is 9.84. The molecule has 1 saturated carbocycles. The molecule has 1 saturated heterocycles. The number of nitrogens with one attached hydrogen (secondary N) is 1. The first-order valence-electron chi connectivity index (χ1n) is 14.1.